The zero-order valence-corrected chi connectivity index (χ0v) is 14.4. The Balaban J connectivity index is 1.36. The highest BCUT2D eigenvalue weighted by Crippen LogP contribution is 2.39. The number of para-hydroxylation sites is 1. The number of nitrogens with one attached hydrogen (secondary N) is 1. The molecule has 26 heavy (non-hydrogen) atoms. The van der Waals surface area contributed by atoms with Crippen molar-refractivity contribution in [2.75, 3.05) is 30.0 Å². The van der Waals surface area contributed by atoms with Crippen LogP contribution in [0, 0.1) is 0 Å². The summed E-state index contributed by atoms with van der Waals surface area (Å²) in [6.07, 6.45) is 4.28. The minimum absolute atomic E-state index is 0.144. The standard InChI is InChI=1S/C21H20N2O3/c24-21(15-10-14-4-1-2-6-19(14)25-12-15)22-16-7-8-18-20(11-16)26-13-17-5-3-9-23(17)18/h1-2,4,6-8,10-11,17H,3,5,9,12-13H2,(H,22,24)/t17-/m0/s1. The van der Waals surface area contributed by atoms with E-state index in [1.54, 1.807) is 0 Å². The van der Waals surface area contributed by atoms with Gasteiger partial charge in [0.05, 0.1) is 17.3 Å². The molecule has 1 atom stereocenters. The Morgan fingerprint density at radius 1 is 1.12 bits per heavy atom. The number of benzene rings is 2. The number of hydrogen-bond acceptors (Lipinski definition) is 4. The summed E-state index contributed by atoms with van der Waals surface area (Å²) in [5.41, 5.74) is 3.41. The van der Waals surface area contributed by atoms with E-state index >= 15 is 0 Å². The lowest BCUT2D eigenvalue weighted by molar-refractivity contribution is -0.113. The molecule has 5 nitrogen and oxygen atoms in total. The van der Waals surface area contributed by atoms with Gasteiger partial charge >= 0.3 is 0 Å². The fraction of sp³-hybridized carbons (Fsp3) is 0.286. The Morgan fingerprint density at radius 2 is 2.04 bits per heavy atom. The molecule has 3 aliphatic rings. The maximum atomic E-state index is 12.6. The third kappa shape index (κ3) is 2.60. The molecule has 132 valence electrons. The van der Waals surface area contributed by atoms with Gasteiger partial charge in [0.2, 0.25) is 0 Å². The minimum atomic E-state index is -0.144. The van der Waals surface area contributed by atoms with E-state index in [9.17, 15) is 4.79 Å². The lowest BCUT2D eigenvalue weighted by atomic mass is 10.1. The molecule has 2 aromatic rings. The van der Waals surface area contributed by atoms with Gasteiger partial charge in [-0.05, 0) is 37.1 Å². The van der Waals surface area contributed by atoms with Crippen molar-refractivity contribution in [2.45, 2.75) is 18.9 Å². The normalized spacial score (nSPS) is 20.1. The summed E-state index contributed by atoms with van der Waals surface area (Å²) in [7, 11) is 0. The average Bonchev–Trinajstić information content (AvgIpc) is 3.16. The zero-order valence-electron chi connectivity index (χ0n) is 14.4. The van der Waals surface area contributed by atoms with Gasteiger partial charge in [-0.1, -0.05) is 18.2 Å². The van der Waals surface area contributed by atoms with Gasteiger partial charge in [0.15, 0.2) is 0 Å². The van der Waals surface area contributed by atoms with Crippen molar-refractivity contribution in [3.8, 4) is 11.5 Å². The van der Waals surface area contributed by atoms with Gasteiger partial charge < -0.3 is 19.7 Å². The summed E-state index contributed by atoms with van der Waals surface area (Å²) in [5, 5.41) is 2.97. The molecule has 0 aliphatic carbocycles. The van der Waals surface area contributed by atoms with Crippen LogP contribution in [0.25, 0.3) is 6.08 Å². The van der Waals surface area contributed by atoms with E-state index in [2.05, 4.69) is 10.2 Å². The molecular formula is C21H20N2O3. The van der Waals surface area contributed by atoms with Crippen LogP contribution in [0.1, 0.15) is 18.4 Å². The molecule has 1 amide bonds. The Kier molecular flexibility index (Phi) is 3.59. The summed E-state index contributed by atoms with van der Waals surface area (Å²) in [6.45, 7) is 2.08. The summed E-state index contributed by atoms with van der Waals surface area (Å²) in [5.74, 6) is 1.51. The van der Waals surface area contributed by atoms with Crippen molar-refractivity contribution in [1.29, 1.82) is 0 Å². The number of hydrogen-bond donors (Lipinski definition) is 1. The van der Waals surface area contributed by atoms with Gasteiger partial charge in [0.1, 0.15) is 24.7 Å². The number of carbonyl (C=O) groups excluding carboxylic acids is 1. The second-order valence-electron chi connectivity index (χ2n) is 6.93. The number of ether oxygens (including phenoxy) is 2. The quantitative estimate of drug-likeness (QED) is 0.903. The van der Waals surface area contributed by atoms with E-state index in [1.165, 1.54) is 12.8 Å². The van der Waals surface area contributed by atoms with Gasteiger partial charge in [-0.25, -0.2) is 0 Å². The first-order valence-corrected chi connectivity index (χ1v) is 9.05. The Bertz CT molecular complexity index is 906. The fourth-order valence-electron chi connectivity index (χ4n) is 3.92. The van der Waals surface area contributed by atoms with Gasteiger partial charge in [0, 0.05) is 23.9 Å². The molecule has 0 spiro atoms. The predicted octanol–water partition coefficient (Wildman–Crippen LogP) is 3.46. The molecule has 5 heteroatoms. The zero-order chi connectivity index (χ0) is 17.5. The molecular weight excluding hydrogens is 328 g/mol. The number of anilines is 2. The van der Waals surface area contributed by atoms with Crippen LogP contribution >= 0.6 is 0 Å². The van der Waals surface area contributed by atoms with Crippen molar-refractivity contribution in [1.82, 2.24) is 0 Å². The van der Waals surface area contributed by atoms with E-state index in [1.807, 2.05) is 48.5 Å². The SMILES string of the molecule is O=C(Nc1ccc2c(c1)OC[C@@H]1CCCN21)C1=Cc2ccccc2OC1. The maximum absolute atomic E-state index is 12.6. The van der Waals surface area contributed by atoms with Crippen LogP contribution in [-0.4, -0.2) is 31.7 Å². The summed E-state index contributed by atoms with van der Waals surface area (Å²) in [6, 6.07) is 14.1. The fourth-order valence-corrected chi connectivity index (χ4v) is 3.92. The monoisotopic (exact) mass is 348 g/mol. The van der Waals surface area contributed by atoms with Crippen LogP contribution in [0.5, 0.6) is 11.5 Å². The van der Waals surface area contributed by atoms with Crippen molar-refractivity contribution in [3.63, 3.8) is 0 Å². The minimum Gasteiger partial charge on any atom is -0.489 e. The highest BCUT2D eigenvalue weighted by atomic mass is 16.5. The summed E-state index contributed by atoms with van der Waals surface area (Å²) < 4.78 is 11.6. The first kappa shape index (κ1) is 15.3. The van der Waals surface area contributed by atoms with Gasteiger partial charge in [-0.3, -0.25) is 4.79 Å². The summed E-state index contributed by atoms with van der Waals surface area (Å²) in [4.78, 5) is 15.0. The van der Waals surface area contributed by atoms with Crippen molar-refractivity contribution in [3.05, 3.63) is 53.6 Å². The van der Waals surface area contributed by atoms with Gasteiger partial charge in [-0.15, -0.1) is 0 Å². The molecule has 5 rings (SSSR count). The average molecular weight is 348 g/mol. The molecule has 3 aliphatic heterocycles. The number of amides is 1. The second kappa shape index (κ2) is 6.09. The van der Waals surface area contributed by atoms with E-state index in [0.29, 0.717) is 11.6 Å². The molecule has 1 N–H and O–H groups in total. The third-order valence-electron chi connectivity index (χ3n) is 5.26. The molecule has 1 saturated heterocycles. The number of rotatable bonds is 2. The van der Waals surface area contributed by atoms with Crippen LogP contribution < -0.4 is 19.7 Å². The number of carbonyl (C=O) groups is 1. The molecule has 0 unspecified atom stereocenters. The van der Waals surface area contributed by atoms with Crippen LogP contribution in [0.3, 0.4) is 0 Å². The highest BCUT2D eigenvalue weighted by Gasteiger charge is 2.31. The first-order valence-electron chi connectivity index (χ1n) is 9.05. The second-order valence-corrected chi connectivity index (χ2v) is 6.93. The molecule has 0 saturated carbocycles. The van der Waals surface area contributed by atoms with Crippen LogP contribution in [-0.2, 0) is 4.79 Å². The first-order chi connectivity index (χ1) is 12.8. The van der Waals surface area contributed by atoms with E-state index in [4.69, 9.17) is 9.47 Å². The number of fused-ring (bicyclic) bond motifs is 4. The van der Waals surface area contributed by atoms with Crippen molar-refractivity contribution < 1.29 is 14.3 Å². The van der Waals surface area contributed by atoms with Crippen LogP contribution in [0.15, 0.2) is 48.0 Å². The molecule has 0 bridgehead atoms. The lowest BCUT2D eigenvalue weighted by Gasteiger charge is -2.33. The maximum Gasteiger partial charge on any atom is 0.255 e. The van der Waals surface area contributed by atoms with E-state index in [-0.39, 0.29) is 12.5 Å². The molecule has 3 heterocycles. The van der Waals surface area contributed by atoms with Crippen LogP contribution in [0.4, 0.5) is 11.4 Å². The lowest BCUT2D eigenvalue weighted by Crippen LogP contribution is -2.38. The van der Waals surface area contributed by atoms with E-state index < -0.39 is 0 Å². The van der Waals surface area contributed by atoms with Crippen LogP contribution in [0.2, 0.25) is 0 Å². The third-order valence-corrected chi connectivity index (χ3v) is 5.26. The van der Waals surface area contributed by atoms with Crippen molar-refractivity contribution >= 4 is 23.4 Å². The van der Waals surface area contributed by atoms with Crippen molar-refractivity contribution in [2.24, 2.45) is 0 Å². The Hall–Kier alpha value is -2.95. The number of nitrogens with zero attached hydrogens (tertiary/aromatic N) is 1. The predicted molar refractivity (Wildman–Crippen MR) is 101 cm³/mol. The van der Waals surface area contributed by atoms with Gasteiger partial charge in [-0.2, -0.15) is 0 Å². The summed E-state index contributed by atoms with van der Waals surface area (Å²) >= 11 is 0. The molecule has 0 radical (unpaired) electrons. The molecule has 1 fully saturated rings. The van der Waals surface area contributed by atoms with E-state index in [0.717, 1.165) is 41.6 Å². The topological polar surface area (TPSA) is 50.8 Å². The smallest absolute Gasteiger partial charge is 0.255 e. The molecule has 0 aromatic heterocycles. The Labute approximate surface area is 152 Å². The highest BCUT2D eigenvalue weighted by molar-refractivity contribution is 6.07. The Morgan fingerprint density at radius 3 is 3.00 bits per heavy atom. The molecule has 2 aromatic carbocycles. The van der Waals surface area contributed by atoms with Gasteiger partial charge in [0.25, 0.3) is 5.91 Å². The largest absolute Gasteiger partial charge is 0.489 e.